The molecule has 2 atom stereocenters. The molecule has 2 unspecified atom stereocenters. The molecule has 1 aromatic heterocycles. The smallest absolute Gasteiger partial charge is 0.410 e. The topological polar surface area (TPSA) is 81.5 Å². The van der Waals surface area contributed by atoms with Crippen LogP contribution in [0.5, 0.6) is 0 Å². The highest BCUT2D eigenvalue weighted by atomic mass is 16.6. The van der Waals surface area contributed by atoms with Crippen molar-refractivity contribution in [2.24, 2.45) is 7.05 Å². The van der Waals surface area contributed by atoms with Crippen LogP contribution in [-0.2, 0) is 16.5 Å². The number of aryl methyl sites for hydroxylation is 1. The molecule has 2 saturated heterocycles. The zero-order valence-corrected chi connectivity index (χ0v) is 15.1. The molecule has 1 aromatic rings. The standard InChI is InChI=1S/C16H27N5O3/c1-11-18-19-13(20(11)5)12-16(23-9-7-17-12)6-8-21(10-16)14(22)24-15(2,3)4/h12,17H,6-10H2,1-5H3. The summed E-state index contributed by atoms with van der Waals surface area (Å²) in [5.41, 5.74) is -0.985. The van der Waals surface area contributed by atoms with Crippen LogP contribution in [0, 0.1) is 6.92 Å². The third-order valence-electron chi connectivity index (χ3n) is 4.67. The van der Waals surface area contributed by atoms with Crippen molar-refractivity contribution in [1.82, 2.24) is 25.0 Å². The average molecular weight is 337 g/mol. The number of morpholine rings is 1. The number of rotatable bonds is 1. The summed E-state index contributed by atoms with van der Waals surface area (Å²) in [6.07, 6.45) is 0.456. The van der Waals surface area contributed by atoms with Crippen molar-refractivity contribution >= 4 is 6.09 Å². The average Bonchev–Trinajstić information content (AvgIpc) is 3.05. The van der Waals surface area contributed by atoms with Gasteiger partial charge in [0.1, 0.15) is 17.0 Å². The monoisotopic (exact) mass is 337 g/mol. The van der Waals surface area contributed by atoms with Crippen molar-refractivity contribution < 1.29 is 14.3 Å². The lowest BCUT2D eigenvalue weighted by Crippen LogP contribution is -2.55. The van der Waals surface area contributed by atoms with Gasteiger partial charge in [-0.25, -0.2) is 4.79 Å². The molecular weight excluding hydrogens is 310 g/mol. The van der Waals surface area contributed by atoms with Crippen LogP contribution in [0.1, 0.15) is 44.9 Å². The Labute approximate surface area is 142 Å². The Morgan fingerprint density at radius 1 is 1.42 bits per heavy atom. The third-order valence-corrected chi connectivity index (χ3v) is 4.67. The van der Waals surface area contributed by atoms with E-state index >= 15 is 0 Å². The first-order chi connectivity index (χ1) is 11.2. The lowest BCUT2D eigenvalue weighted by molar-refractivity contribution is -0.0928. The van der Waals surface area contributed by atoms with Gasteiger partial charge < -0.3 is 24.3 Å². The Kier molecular flexibility index (Phi) is 4.29. The first kappa shape index (κ1) is 17.2. The highest BCUT2D eigenvalue weighted by Gasteiger charge is 2.51. The molecule has 2 fully saturated rings. The zero-order valence-electron chi connectivity index (χ0n) is 15.1. The summed E-state index contributed by atoms with van der Waals surface area (Å²) in [4.78, 5) is 14.1. The van der Waals surface area contributed by atoms with Crippen LogP contribution in [0.25, 0.3) is 0 Å². The van der Waals surface area contributed by atoms with Gasteiger partial charge in [0.15, 0.2) is 5.82 Å². The summed E-state index contributed by atoms with van der Waals surface area (Å²) in [5.74, 6) is 1.70. The van der Waals surface area contributed by atoms with E-state index in [1.54, 1.807) is 4.90 Å². The van der Waals surface area contributed by atoms with Crippen molar-refractivity contribution in [3.05, 3.63) is 11.6 Å². The van der Waals surface area contributed by atoms with E-state index in [2.05, 4.69) is 15.5 Å². The fourth-order valence-electron chi connectivity index (χ4n) is 3.37. The maximum Gasteiger partial charge on any atom is 0.410 e. The van der Waals surface area contributed by atoms with Crippen molar-refractivity contribution in [3.63, 3.8) is 0 Å². The number of aromatic nitrogens is 3. The van der Waals surface area contributed by atoms with Crippen LogP contribution in [0.4, 0.5) is 4.79 Å². The highest BCUT2D eigenvalue weighted by molar-refractivity contribution is 5.68. The lowest BCUT2D eigenvalue weighted by atomic mass is 9.90. The van der Waals surface area contributed by atoms with Gasteiger partial charge in [-0.15, -0.1) is 10.2 Å². The van der Waals surface area contributed by atoms with Gasteiger partial charge in [-0.3, -0.25) is 0 Å². The quantitative estimate of drug-likeness (QED) is 0.828. The molecule has 134 valence electrons. The number of likely N-dealkylation sites (tertiary alicyclic amines) is 1. The second kappa shape index (κ2) is 6.00. The fourth-order valence-corrected chi connectivity index (χ4v) is 3.37. The number of hydrogen-bond donors (Lipinski definition) is 1. The van der Waals surface area contributed by atoms with Gasteiger partial charge in [0.25, 0.3) is 0 Å². The minimum Gasteiger partial charge on any atom is -0.444 e. The Hall–Kier alpha value is -1.67. The number of carbonyl (C=O) groups is 1. The molecule has 1 N–H and O–H groups in total. The number of ether oxygens (including phenoxy) is 2. The molecule has 0 aromatic carbocycles. The molecule has 3 heterocycles. The van der Waals surface area contributed by atoms with Crippen molar-refractivity contribution in [2.75, 3.05) is 26.2 Å². The van der Waals surface area contributed by atoms with Gasteiger partial charge in [0.2, 0.25) is 0 Å². The van der Waals surface area contributed by atoms with E-state index < -0.39 is 11.2 Å². The number of amides is 1. The Balaban J connectivity index is 1.81. The van der Waals surface area contributed by atoms with E-state index in [1.807, 2.05) is 39.3 Å². The van der Waals surface area contributed by atoms with Crippen LogP contribution in [0.3, 0.4) is 0 Å². The summed E-state index contributed by atoms with van der Waals surface area (Å²) < 4.78 is 13.7. The van der Waals surface area contributed by atoms with Crippen molar-refractivity contribution in [1.29, 1.82) is 0 Å². The molecule has 1 spiro atoms. The SMILES string of the molecule is Cc1nnc(C2NCCOC23CCN(C(=O)OC(C)(C)C)C3)n1C. The summed E-state index contributed by atoms with van der Waals surface area (Å²) in [7, 11) is 1.95. The Morgan fingerprint density at radius 2 is 2.17 bits per heavy atom. The van der Waals surface area contributed by atoms with E-state index in [0.29, 0.717) is 19.7 Å². The maximum absolute atomic E-state index is 12.4. The molecule has 0 saturated carbocycles. The minimum absolute atomic E-state index is 0.0927. The molecule has 8 nitrogen and oxygen atoms in total. The van der Waals surface area contributed by atoms with Gasteiger partial charge in [0.05, 0.1) is 19.2 Å². The van der Waals surface area contributed by atoms with Crippen molar-refractivity contribution in [2.45, 2.75) is 51.4 Å². The van der Waals surface area contributed by atoms with Crippen LogP contribution in [-0.4, -0.2) is 63.2 Å². The first-order valence-electron chi connectivity index (χ1n) is 8.43. The number of nitrogens with zero attached hydrogens (tertiary/aromatic N) is 4. The van der Waals surface area contributed by atoms with Gasteiger partial charge in [-0.2, -0.15) is 0 Å². The van der Waals surface area contributed by atoms with E-state index in [0.717, 1.165) is 24.6 Å². The second-order valence-electron chi connectivity index (χ2n) is 7.62. The molecule has 1 amide bonds. The number of nitrogens with one attached hydrogen (secondary N) is 1. The molecule has 3 rings (SSSR count). The van der Waals surface area contributed by atoms with E-state index in [4.69, 9.17) is 9.47 Å². The van der Waals surface area contributed by atoms with Crippen LogP contribution in [0.2, 0.25) is 0 Å². The summed E-state index contributed by atoms with van der Waals surface area (Å²) in [6.45, 7) is 10.0. The molecule has 2 aliphatic rings. The Morgan fingerprint density at radius 3 is 2.79 bits per heavy atom. The molecule has 8 heteroatoms. The molecule has 0 aliphatic carbocycles. The van der Waals surface area contributed by atoms with E-state index in [9.17, 15) is 4.79 Å². The predicted octanol–water partition coefficient (Wildman–Crippen LogP) is 1.16. The number of hydrogen-bond acceptors (Lipinski definition) is 6. The predicted molar refractivity (Wildman–Crippen MR) is 87.6 cm³/mol. The van der Waals surface area contributed by atoms with Gasteiger partial charge >= 0.3 is 6.09 Å². The molecular formula is C16H27N5O3. The summed E-state index contributed by atoms with van der Waals surface area (Å²) in [6, 6.07) is -0.0927. The molecule has 0 bridgehead atoms. The Bertz CT molecular complexity index is 624. The van der Waals surface area contributed by atoms with Gasteiger partial charge in [-0.1, -0.05) is 0 Å². The molecule has 24 heavy (non-hydrogen) atoms. The minimum atomic E-state index is -0.501. The highest BCUT2D eigenvalue weighted by Crippen LogP contribution is 2.39. The second-order valence-corrected chi connectivity index (χ2v) is 7.62. The largest absolute Gasteiger partial charge is 0.444 e. The molecule has 2 aliphatic heterocycles. The maximum atomic E-state index is 12.4. The molecule has 0 radical (unpaired) electrons. The van der Waals surface area contributed by atoms with E-state index in [1.165, 1.54) is 0 Å². The first-order valence-corrected chi connectivity index (χ1v) is 8.43. The lowest BCUT2D eigenvalue weighted by Gasteiger charge is -2.41. The van der Waals surface area contributed by atoms with Gasteiger partial charge in [-0.05, 0) is 34.1 Å². The summed E-state index contributed by atoms with van der Waals surface area (Å²) >= 11 is 0. The third kappa shape index (κ3) is 3.12. The van der Waals surface area contributed by atoms with Crippen molar-refractivity contribution in [3.8, 4) is 0 Å². The summed E-state index contributed by atoms with van der Waals surface area (Å²) in [5, 5.41) is 12.0. The van der Waals surface area contributed by atoms with Crippen LogP contribution < -0.4 is 5.32 Å². The number of carbonyl (C=O) groups excluding carboxylic acids is 1. The van der Waals surface area contributed by atoms with Crippen LogP contribution >= 0.6 is 0 Å². The zero-order chi connectivity index (χ0) is 17.5. The van der Waals surface area contributed by atoms with Crippen LogP contribution in [0.15, 0.2) is 0 Å². The normalized spacial score (nSPS) is 27.7. The van der Waals surface area contributed by atoms with Gasteiger partial charge in [0, 0.05) is 20.1 Å². The van der Waals surface area contributed by atoms with E-state index in [-0.39, 0.29) is 12.1 Å². The fraction of sp³-hybridized carbons (Fsp3) is 0.812.